The summed E-state index contributed by atoms with van der Waals surface area (Å²) < 4.78 is 2.47. The lowest BCUT2D eigenvalue weighted by atomic mass is 9.92. The molecule has 1 saturated heterocycles. The average molecular weight is 446 g/mol. The van der Waals surface area contributed by atoms with Crippen LogP contribution in [0.3, 0.4) is 0 Å². The highest BCUT2D eigenvalue weighted by Gasteiger charge is 2.25. The van der Waals surface area contributed by atoms with Crippen LogP contribution >= 0.6 is 0 Å². The summed E-state index contributed by atoms with van der Waals surface area (Å²) in [6.07, 6.45) is 6.45. The molecule has 2 aliphatic rings. The number of rotatable bonds is 3. The lowest BCUT2D eigenvalue weighted by molar-refractivity contribution is -0.0987. The van der Waals surface area contributed by atoms with Crippen molar-refractivity contribution in [3.63, 3.8) is 0 Å². The number of nitrogens with one attached hydrogen (secondary N) is 1. The van der Waals surface area contributed by atoms with Crippen LogP contribution in [-0.2, 0) is 22.6 Å². The van der Waals surface area contributed by atoms with Gasteiger partial charge in [-0.1, -0.05) is 54.0 Å². The van der Waals surface area contributed by atoms with Crippen molar-refractivity contribution in [2.75, 3.05) is 13.1 Å². The van der Waals surface area contributed by atoms with Crippen LogP contribution in [0.25, 0.3) is 11.0 Å². The van der Waals surface area contributed by atoms with E-state index in [1.54, 1.807) is 0 Å². The third-order valence-corrected chi connectivity index (χ3v) is 5.12. The van der Waals surface area contributed by atoms with E-state index in [4.69, 9.17) is 14.6 Å². The summed E-state index contributed by atoms with van der Waals surface area (Å²) in [6, 6.07) is 6.66. The first-order chi connectivity index (χ1) is 15.2. The van der Waals surface area contributed by atoms with E-state index in [0.29, 0.717) is 0 Å². The number of imidazole rings is 1. The molecule has 0 spiro atoms. The molecule has 1 aromatic carbocycles. The van der Waals surface area contributed by atoms with Crippen molar-refractivity contribution in [3.05, 3.63) is 29.6 Å². The molecule has 1 aliphatic carbocycles. The summed E-state index contributed by atoms with van der Waals surface area (Å²) in [4.78, 5) is 20.9. The van der Waals surface area contributed by atoms with Crippen molar-refractivity contribution in [2.24, 2.45) is 17.3 Å². The predicted octanol–water partition coefficient (Wildman–Crippen LogP) is 6.01. The van der Waals surface area contributed by atoms with Crippen LogP contribution in [0, 0.1) is 24.2 Å². The molecule has 182 valence electrons. The quantitative estimate of drug-likeness (QED) is 0.629. The van der Waals surface area contributed by atoms with E-state index in [-0.39, 0.29) is 5.41 Å². The maximum absolute atomic E-state index is 8.00. The molecule has 1 aliphatic heterocycles. The van der Waals surface area contributed by atoms with E-state index in [0.717, 1.165) is 24.8 Å². The van der Waals surface area contributed by atoms with Crippen LogP contribution in [0.4, 0.5) is 0 Å². The summed E-state index contributed by atoms with van der Waals surface area (Å²) in [5, 5.41) is 3.27. The lowest BCUT2D eigenvalue weighted by Crippen LogP contribution is -2.15. The van der Waals surface area contributed by atoms with E-state index < -0.39 is 0 Å². The van der Waals surface area contributed by atoms with Crippen LogP contribution in [0.15, 0.2) is 18.2 Å². The summed E-state index contributed by atoms with van der Waals surface area (Å²) in [6.45, 7) is 23.2. The minimum atomic E-state index is 0.289. The fourth-order valence-corrected chi connectivity index (χ4v) is 3.46. The van der Waals surface area contributed by atoms with Gasteiger partial charge in [0.05, 0.1) is 11.0 Å². The minimum Gasteiger partial charge on any atom is -0.328 e. The number of hydrogen-bond acceptors (Lipinski definition) is 4. The number of aryl methyl sites for hydroxylation is 1. The highest BCUT2D eigenvalue weighted by Crippen LogP contribution is 2.33. The van der Waals surface area contributed by atoms with Crippen molar-refractivity contribution in [2.45, 2.75) is 87.1 Å². The number of nitrogens with zero attached hydrogens (tertiary/aromatic N) is 2. The molecule has 1 aromatic heterocycles. The van der Waals surface area contributed by atoms with Crippen molar-refractivity contribution < 1.29 is 9.59 Å². The van der Waals surface area contributed by atoms with Gasteiger partial charge in [0, 0.05) is 13.0 Å². The molecule has 0 radical (unpaired) electrons. The highest BCUT2D eigenvalue weighted by molar-refractivity contribution is 5.77. The smallest absolute Gasteiger partial charge is 0.110 e. The normalized spacial score (nSPS) is 16.9. The molecule has 2 aromatic rings. The SMILES string of the molecule is C=O.C=O.CC1CCNC1.CCC.Cc1ccc2c(c1)nc(CC(C)(C)C)n2CC1CC1. The predicted molar refractivity (Wildman–Crippen MR) is 137 cm³/mol. The lowest BCUT2D eigenvalue weighted by Gasteiger charge is -2.18. The molecule has 4 rings (SSSR count). The molecule has 1 atom stereocenters. The first kappa shape index (κ1) is 30.0. The minimum absolute atomic E-state index is 0.289. The zero-order chi connectivity index (χ0) is 24.7. The van der Waals surface area contributed by atoms with E-state index in [1.165, 1.54) is 61.2 Å². The van der Waals surface area contributed by atoms with Crippen molar-refractivity contribution in [1.82, 2.24) is 14.9 Å². The van der Waals surface area contributed by atoms with Gasteiger partial charge in [-0.25, -0.2) is 4.98 Å². The van der Waals surface area contributed by atoms with Crippen LogP contribution < -0.4 is 5.32 Å². The van der Waals surface area contributed by atoms with Gasteiger partial charge in [-0.05, 0) is 74.2 Å². The van der Waals surface area contributed by atoms with E-state index in [2.05, 4.69) is 76.5 Å². The second kappa shape index (κ2) is 15.7. The molecule has 2 heterocycles. The number of fused-ring (bicyclic) bond motifs is 1. The molecule has 1 unspecified atom stereocenters. The molecular formula is C27H47N3O2. The van der Waals surface area contributed by atoms with E-state index >= 15 is 0 Å². The molecule has 5 heteroatoms. The maximum atomic E-state index is 8.00. The van der Waals surface area contributed by atoms with E-state index in [1.807, 2.05) is 13.6 Å². The number of carbonyl (C=O) groups is 2. The monoisotopic (exact) mass is 445 g/mol. The highest BCUT2D eigenvalue weighted by atomic mass is 16.1. The fraction of sp³-hybridized carbons (Fsp3) is 0.667. The Hall–Kier alpha value is -2.01. The number of carbonyl (C=O) groups excluding carboxylic acids is 2. The maximum Gasteiger partial charge on any atom is 0.110 e. The van der Waals surface area contributed by atoms with Crippen molar-refractivity contribution in [3.8, 4) is 0 Å². The Morgan fingerprint density at radius 1 is 1.09 bits per heavy atom. The van der Waals surface area contributed by atoms with Crippen LogP contribution in [0.1, 0.15) is 78.6 Å². The summed E-state index contributed by atoms with van der Waals surface area (Å²) >= 11 is 0. The third kappa shape index (κ3) is 11.6. The molecule has 1 N–H and O–H groups in total. The largest absolute Gasteiger partial charge is 0.328 e. The van der Waals surface area contributed by atoms with Crippen LogP contribution in [-0.4, -0.2) is 36.2 Å². The molecule has 0 amide bonds. The Balaban J connectivity index is 0.000000614. The van der Waals surface area contributed by atoms with Gasteiger partial charge in [-0.15, -0.1) is 0 Å². The number of aromatic nitrogens is 2. The Bertz CT molecular complexity index is 752. The zero-order valence-corrected chi connectivity index (χ0v) is 21.7. The van der Waals surface area contributed by atoms with Crippen molar-refractivity contribution >= 4 is 24.6 Å². The Morgan fingerprint density at radius 2 is 1.69 bits per heavy atom. The molecule has 32 heavy (non-hydrogen) atoms. The summed E-state index contributed by atoms with van der Waals surface area (Å²) in [5.74, 6) is 3.09. The average Bonchev–Trinajstić information content (AvgIpc) is 3.34. The Morgan fingerprint density at radius 3 is 2.09 bits per heavy atom. The third-order valence-electron chi connectivity index (χ3n) is 5.12. The molecule has 1 saturated carbocycles. The molecule has 2 fully saturated rings. The van der Waals surface area contributed by atoms with Gasteiger partial charge < -0.3 is 19.5 Å². The zero-order valence-electron chi connectivity index (χ0n) is 21.7. The first-order valence-corrected chi connectivity index (χ1v) is 12.0. The van der Waals surface area contributed by atoms with Gasteiger partial charge in [-0.3, -0.25) is 0 Å². The Labute approximate surface area is 196 Å². The van der Waals surface area contributed by atoms with Crippen LogP contribution in [0.2, 0.25) is 0 Å². The van der Waals surface area contributed by atoms with Gasteiger partial charge in [-0.2, -0.15) is 0 Å². The van der Waals surface area contributed by atoms with Crippen LogP contribution in [0.5, 0.6) is 0 Å². The van der Waals surface area contributed by atoms with Gasteiger partial charge >= 0.3 is 0 Å². The second-order valence-electron chi connectivity index (χ2n) is 10.1. The summed E-state index contributed by atoms with van der Waals surface area (Å²) in [7, 11) is 0. The van der Waals surface area contributed by atoms with Gasteiger partial charge in [0.1, 0.15) is 19.4 Å². The molecular weight excluding hydrogens is 398 g/mol. The number of hydrogen-bond donors (Lipinski definition) is 1. The van der Waals surface area contributed by atoms with Crippen molar-refractivity contribution in [1.29, 1.82) is 0 Å². The van der Waals surface area contributed by atoms with Gasteiger partial charge in [0.15, 0.2) is 0 Å². The number of benzene rings is 1. The molecule has 5 nitrogen and oxygen atoms in total. The molecule has 0 bridgehead atoms. The standard InChI is InChI=1S/C17H24N2.C5H11N.C3H8.2CH2O/c1-12-5-8-15-14(9-12)18-16(10-17(2,3)4)19(15)11-13-6-7-13;1-5-2-3-6-4-5;1-3-2;2*1-2/h5,8-9,13H,6-7,10-11H2,1-4H3;5-6H,2-4H2,1H3;3H2,1-2H3;2*1H2. The fourth-order valence-electron chi connectivity index (χ4n) is 3.46. The van der Waals surface area contributed by atoms with Gasteiger partial charge in [0.25, 0.3) is 0 Å². The first-order valence-electron chi connectivity index (χ1n) is 12.0. The topological polar surface area (TPSA) is 64.0 Å². The van der Waals surface area contributed by atoms with E-state index in [9.17, 15) is 0 Å². The van der Waals surface area contributed by atoms with Gasteiger partial charge in [0.2, 0.25) is 0 Å². The Kier molecular flexibility index (Phi) is 14.7. The second-order valence-corrected chi connectivity index (χ2v) is 10.1. The summed E-state index contributed by atoms with van der Waals surface area (Å²) in [5.41, 5.74) is 4.07.